The summed E-state index contributed by atoms with van der Waals surface area (Å²) in [6, 6.07) is 2.12. The number of hydrogen-bond donors (Lipinski definition) is 1. The van der Waals surface area contributed by atoms with Crippen LogP contribution in [0.15, 0.2) is 17.1 Å². The molecule has 1 N–H and O–H groups in total. The summed E-state index contributed by atoms with van der Waals surface area (Å²) in [7, 11) is 1.65. The van der Waals surface area contributed by atoms with Crippen LogP contribution >= 0.6 is 0 Å². The maximum absolute atomic E-state index is 12.5. The van der Waals surface area contributed by atoms with Gasteiger partial charge in [0.05, 0.1) is 11.9 Å². The first-order valence-electron chi connectivity index (χ1n) is 9.38. The van der Waals surface area contributed by atoms with Gasteiger partial charge in [0.25, 0.3) is 5.56 Å². The number of nitrogens with zero attached hydrogens (tertiary/aromatic N) is 4. The molecular formula is C18H29N5O2. The highest BCUT2D eigenvalue weighted by Crippen LogP contribution is 2.22. The predicted molar refractivity (Wildman–Crippen MR) is 97.7 cm³/mol. The van der Waals surface area contributed by atoms with Crippen LogP contribution in [0.5, 0.6) is 0 Å². The van der Waals surface area contributed by atoms with Gasteiger partial charge in [0, 0.05) is 44.7 Å². The number of amides is 1. The minimum absolute atomic E-state index is 0.0761. The van der Waals surface area contributed by atoms with E-state index in [0.29, 0.717) is 6.04 Å². The SMILES string of the molecule is CCN1CCC[C@H]1CNC(=O)C1CCN(c2cnn(C)c(=O)c2)CC1. The average Bonchev–Trinajstić information content (AvgIpc) is 3.09. The highest BCUT2D eigenvalue weighted by atomic mass is 16.2. The zero-order valence-electron chi connectivity index (χ0n) is 15.3. The Morgan fingerprint density at radius 2 is 2.04 bits per heavy atom. The molecule has 0 bridgehead atoms. The molecule has 2 saturated heterocycles. The Morgan fingerprint density at radius 1 is 1.28 bits per heavy atom. The molecule has 138 valence electrons. The van der Waals surface area contributed by atoms with E-state index in [1.54, 1.807) is 19.3 Å². The molecule has 1 aromatic heterocycles. The zero-order valence-corrected chi connectivity index (χ0v) is 15.3. The van der Waals surface area contributed by atoms with Gasteiger partial charge in [0.2, 0.25) is 5.91 Å². The van der Waals surface area contributed by atoms with Gasteiger partial charge < -0.3 is 10.2 Å². The van der Waals surface area contributed by atoms with Crippen LogP contribution in [0.4, 0.5) is 5.69 Å². The molecule has 0 aliphatic carbocycles. The number of carbonyl (C=O) groups excluding carboxylic acids is 1. The van der Waals surface area contributed by atoms with Gasteiger partial charge in [-0.25, -0.2) is 4.68 Å². The molecule has 3 rings (SSSR count). The van der Waals surface area contributed by atoms with Crippen LogP contribution in [0, 0.1) is 5.92 Å². The number of hydrogen-bond acceptors (Lipinski definition) is 5. The number of rotatable bonds is 5. The summed E-state index contributed by atoms with van der Waals surface area (Å²) < 4.78 is 1.33. The van der Waals surface area contributed by atoms with Gasteiger partial charge in [0.1, 0.15) is 0 Å². The lowest BCUT2D eigenvalue weighted by Gasteiger charge is -2.33. The van der Waals surface area contributed by atoms with E-state index in [-0.39, 0.29) is 17.4 Å². The van der Waals surface area contributed by atoms with Crippen LogP contribution < -0.4 is 15.8 Å². The topological polar surface area (TPSA) is 70.5 Å². The van der Waals surface area contributed by atoms with Crippen molar-refractivity contribution in [1.29, 1.82) is 0 Å². The molecule has 0 aromatic carbocycles. The molecule has 2 aliphatic heterocycles. The first-order valence-corrected chi connectivity index (χ1v) is 9.38. The van der Waals surface area contributed by atoms with Crippen molar-refractivity contribution >= 4 is 11.6 Å². The third-order valence-electron chi connectivity index (χ3n) is 5.60. The van der Waals surface area contributed by atoms with Gasteiger partial charge in [-0.2, -0.15) is 5.10 Å². The number of anilines is 1. The van der Waals surface area contributed by atoms with Crippen molar-refractivity contribution < 1.29 is 4.79 Å². The number of carbonyl (C=O) groups is 1. The van der Waals surface area contributed by atoms with Crippen LogP contribution in [0.3, 0.4) is 0 Å². The van der Waals surface area contributed by atoms with Crippen molar-refractivity contribution in [3.8, 4) is 0 Å². The Morgan fingerprint density at radius 3 is 2.72 bits per heavy atom. The van der Waals surface area contributed by atoms with E-state index in [2.05, 4.69) is 27.1 Å². The van der Waals surface area contributed by atoms with Gasteiger partial charge >= 0.3 is 0 Å². The van der Waals surface area contributed by atoms with Gasteiger partial charge in [-0.15, -0.1) is 0 Å². The number of aryl methyl sites for hydroxylation is 1. The highest BCUT2D eigenvalue weighted by Gasteiger charge is 2.28. The van der Waals surface area contributed by atoms with E-state index in [1.165, 1.54) is 17.5 Å². The van der Waals surface area contributed by atoms with E-state index in [0.717, 1.165) is 51.3 Å². The van der Waals surface area contributed by atoms with Crippen LogP contribution in [-0.4, -0.2) is 59.4 Å². The molecule has 2 fully saturated rings. The fraction of sp³-hybridized carbons (Fsp3) is 0.722. The normalized spacial score (nSPS) is 22.3. The first kappa shape index (κ1) is 17.9. The number of piperidine rings is 1. The lowest BCUT2D eigenvalue weighted by atomic mass is 9.95. The fourth-order valence-corrected chi connectivity index (χ4v) is 3.94. The summed E-state index contributed by atoms with van der Waals surface area (Å²) in [5.41, 5.74) is 0.751. The minimum atomic E-state index is -0.102. The molecule has 7 heteroatoms. The zero-order chi connectivity index (χ0) is 17.8. The second-order valence-electron chi connectivity index (χ2n) is 7.11. The van der Waals surface area contributed by atoms with Crippen molar-refractivity contribution in [1.82, 2.24) is 20.0 Å². The second kappa shape index (κ2) is 7.99. The van der Waals surface area contributed by atoms with Gasteiger partial charge in [0.15, 0.2) is 0 Å². The third kappa shape index (κ3) is 4.21. The minimum Gasteiger partial charge on any atom is -0.370 e. The maximum Gasteiger partial charge on any atom is 0.268 e. The van der Waals surface area contributed by atoms with Crippen molar-refractivity contribution in [2.75, 3.05) is 37.6 Å². The molecule has 0 saturated carbocycles. The van der Waals surface area contributed by atoms with Crippen LogP contribution in [0.1, 0.15) is 32.6 Å². The van der Waals surface area contributed by atoms with Crippen molar-refractivity contribution in [3.63, 3.8) is 0 Å². The summed E-state index contributed by atoms with van der Waals surface area (Å²) in [6.07, 6.45) is 5.79. The summed E-state index contributed by atoms with van der Waals surface area (Å²) >= 11 is 0. The van der Waals surface area contributed by atoms with Gasteiger partial charge in [-0.1, -0.05) is 6.92 Å². The molecule has 3 heterocycles. The smallest absolute Gasteiger partial charge is 0.268 e. The van der Waals surface area contributed by atoms with E-state index < -0.39 is 0 Å². The van der Waals surface area contributed by atoms with E-state index >= 15 is 0 Å². The van der Waals surface area contributed by atoms with Crippen molar-refractivity contribution in [3.05, 3.63) is 22.6 Å². The molecule has 0 spiro atoms. The van der Waals surface area contributed by atoms with Gasteiger partial charge in [-0.3, -0.25) is 14.5 Å². The van der Waals surface area contributed by atoms with Crippen LogP contribution in [0.2, 0.25) is 0 Å². The Labute approximate surface area is 149 Å². The highest BCUT2D eigenvalue weighted by molar-refractivity contribution is 5.79. The molecule has 1 amide bonds. The van der Waals surface area contributed by atoms with E-state index in [4.69, 9.17) is 0 Å². The summed E-state index contributed by atoms with van der Waals surface area (Å²) in [4.78, 5) is 28.8. The monoisotopic (exact) mass is 347 g/mol. The summed E-state index contributed by atoms with van der Waals surface area (Å²) in [5, 5.41) is 7.24. The molecule has 0 unspecified atom stereocenters. The van der Waals surface area contributed by atoms with Crippen molar-refractivity contribution in [2.45, 2.75) is 38.6 Å². The lowest BCUT2D eigenvalue weighted by molar-refractivity contribution is -0.125. The number of likely N-dealkylation sites (tertiary alicyclic amines) is 1. The molecule has 7 nitrogen and oxygen atoms in total. The molecule has 2 aliphatic rings. The quantitative estimate of drug-likeness (QED) is 0.844. The van der Waals surface area contributed by atoms with E-state index in [9.17, 15) is 9.59 Å². The maximum atomic E-state index is 12.5. The number of likely N-dealkylation sites (N-methyl/N-ethyl adjacent to an activating group) is 1. The van der Waals surface area contributed by atoms with Crippen LogP contribution in [-0.2, 0) is 11.8 Å². The van der Waals surface area contributed by atoms with E-state index in [1.807, 2.05) is 0 Å². The van der Waals surface area contributed by atoms with Crippen molar-refractivity contribution in [2.24, 2.45) is 13.0 Å². The number of nitrogens with one attached hydrogen (secondary N) is 1. The second-order valence-corrected chi connectivity index (χ2v) is 7.11. The third-order valence-corrected chi connectivity index (χ3v) is 5.60. The molecule has 25 heavy (non-hydrogen) atoms. The Balaban J connectivity index is 1.47. The number of aromatic nitrogens is 2. The fourth-order valence-electron chi connectivity index (χ4n) is 3.94. The predicted octanol–water partition coefficient (Wildman–Crippen LogP) is 0.597. The standard InChI is InChI=1S/C18H29N5O2/c1-3-22-8-4-5-15(22)12-19-18(25)14-6-9-23(10-7-14)16-11-17(24)21(2)20-13-16/h11,13-15H,3-10,12H2,1-2H3,(H,19,25)/t15-/m0/s1. The molecular weight excluding hydrogens is 318 g/mol. The Kier molecular flexibility index (Phi) is 5.73. The van der Waals surface area contributed by atoms with Gasteiger partial charge in [-0.05, 0) is 38.8 Å². The summed E-state index contributed by atoms with van der Waals surface area (Å²) in [6.45, 7) is 6.74. The molecule has 0 radical (unpaired) electrons. The largest absolute Gasteiger partial charge is 0.370 e. The first-order chi connectivity index (χ1) is 12.1. The Hall–Kier alpha value is -1.89. The summed E-state index contributed by atoms with van der Waals surface area (Å²) in [5.74, 6) is 0.261. The average molecular weight is 347 g/mol. The molecule has 1 aromatic rings. The Bertz CT molecular complexity index is 651. The van der Waals surface area contributed by atoms with Crippen LogP contribution in [0.25, 0.3) is 0 Å². The lowest BCUT2D eigenvalue weighted by Crippen LogP contribution is -2.45. The molecule has 1 atom stereocenters.